The number of nitrogens with zero attached hydrogens (tertiary/aromatic N) is 3. The highest BCUT2D eigenvalue weighted by Crippen LogP contribution is 2.21. The van der Waals surface area contributed by atoms with Crippen LogP contribution in [-0.4, -0.2) is 53.8 Å². The number of hydrogen-bond acceptors (Lipinski definition) is 8. The molecule has 1 heterocycles. The summed E-state index contributed by atoms with van der Waals surface area (Å²) in [4.78, 5) is 22.8. The largest absolute Gasteiger partial charge is 0.311 e. The van der Waals surface area contributed by atoms with E-state index in [2.05, 4.69) is 10.2 Å². The van der Waals surface area contributed by atoms with Crippen LogP contribution < -0.4 is 5.32 Å². The van der Waals surface area contributed by atoms with Gasteiger partial charge >= 0.3 is 0 Å². The van der Waals surface area contributed by atoms with Crippen LogP contribution in [-0.2, 0) is 22.9 Å². The molecule has 0 aromatic heterocycles. The molecule has 1 fully saturated rings. The standard InChI is InChI=1S/C20H24N4O6S/c25-23(26)18-5-1-16(2-6-18)13-21-10-11-22(20-9-12-31(29,30)15-20)14-17-3-7-19(8-4-17)24(27)28/h1-8,20-21H,9-15H2/t20-/m0/s1. The number of nitro benzene ring substituents is 2. The van der Waals surface area contributed by atoms with Gasteiger partial charge in [0, 0.05) is 56.5 Å². The molecule has 0 saturated carbocycles. The molecule has 0 unspecified atom stereocenters. The molecule has 0 aliphatic carbocycles. The zero-order valence-corrected chi connectivity index (χ0v) is 17.7. The number of sulfone groups is 1. The average molecular weight is 449 g/mol. The molecule has 2 aromatic carbocycles. The van der Waals surface area contributed by atoms with Gasteiger partial charge in [0.1, 0.15) is 0 Å². The van der Waals surface area contributed by atoms with Gasteiger partial charge in [0.15, 0.2) is 9.84 Å². The van der Waals surface area contributed by atoms with Crippen molar-refractivity contribution in [2.45, 2.75) is 25.6 Å². The highest BCUT2D eigenvalue weighted by molar-refractivity contribution is 7.91. The normalized spacial score (nSPS) is 17.6. The Labute approximate surface area is 180 Å². The zero-order valence-electron chi connectivity index (χ0n) is 16.8. The van der Waals surface area contributed by atoms with E-state index >= 15 is 0 Å². The minimum absolute atomic E-state index is 0.0171. The Morgan fingerprint density at radius 2 is 1.48 bits per heavy atom. The minimum atomic E-state index is -3.04. The third-order valence-electron chi connectivity index (χ3n) is 5.31. The van der Waals surface area contributed by atoms with Crippen molar-refractivity contribution in [1.29, 1.82) is 0 Å². The molecule has 0 amide bonds. The number of hydrogen-bond donors (Lipinski definition) is 1. The van der Waals surface area contributed by atoms with Crippen LogP contribution in [0, 0.1) is 20.2 Å². The maximum absolute atomic E-state index is 11.9. The topological polar surface area (TPSA) is 136 Å². The van der Waals surface area contributed by atoms with Crippen LogP contribution in [0.1, 0.15) is 17.5 Å². The van der Waals surface area contributed by atoms with E-state index in [4.69, 9.17) is 0 Å². The van der Waals surface area contributed by atoms with Crippen LogP contribution in [0.2, 0.25) is 0 Å². The van der Waals surface area contributed by atoms with Gasteiger partial charge in [-0.05, 0) is 17.5 Å². The van der Waals surface area contributed by atoms with Gasteiger partial charge in [0.05, 0.1) is 21.4 Å². The number of rotatable bonds is 10. The SMILES string of the molecule is O=[N+]([O-])c1ccc(CNCCN(Cc2ccc([N+](=O)[O-])cc2)[C@H]2CCS(=O)(=O)C2)cc1. The quantitative estimate of drug-likeness (QED) is 0.332. The van der Waals surface area contributed by atoms with E-state index in [-0.39, 0.29) is 28.9 Å². The third-order valence-corrected chi connectivity index (χ3v) is 7.06. The van der Waals surface area contributed by atoms with Crippen molar-refractivity contribution in [3.8, 4) is 0 Å². The molecule has 1 N–H and O–H groups in total. The fourth-order valence-electron chi connectivity index (χ4n) is 3.60. The average Bonchev–Trinajstić information content (AvgIpc) is 3.10. The first-order valence-electron chi connectivity index (χ1n) is 9.85. The Morgan fingerprint density at radius 1 is 0.935 bits per heavy atom. The number of nitro groups is 2. The summed E-state index contributed by atoms with van der Waals surface area (Å²) in [5.41, 5.74) is 1.85. The molecule has 166 valence electrons. The first-order chi connectivity index (χ1) is 14.7. The molecule has 1 atom stereocenters. The van der Waals surface area contributed by atoms with Gasteiger partial charge in [-0.25, -0.2) is 8.42 Å². The minimum Gasteiger partial charge on any atom is -0.311 e. The molecule has 1 saturated heterocycles. The van der Waals surface area contributed by atoms with Crippen molar-refractivity contribution >= 4 is 21.2 Å². The van der Waals surface area contributed by atoms with Gasteiger partial charge in [-0.3, -0.25) is 25.1 Å². The van der Waals surface area contributed by atoms with Gasteiger partial charge in [0.25, 0.3) is 11.4 Å². The molecule has 31 heavy (non-hydrogen) atoms. The van der Waals surface area contributed by atoms with Crippen molar-refractivity contribution in [1.82, 2.24) is 10.2 Å². The second-order valence-corrected chi connectivity index (χ2v) is 9.78. The monoisotopic (exact) mass is 448 g/mol. The predicted molar refractivity (Wildman–Crippen MR) is 115 cm³/mol. The molecular formula is C20H24N4O6S. The van der Waals surface area contributed by atoms with E-state index in [0.29, 0.717) is 32.6 Å². The molecule has 10 nitrogen and oxygen atoms in total. The molecule has 1 aliphatic rings. The van der Waals surface area contributed by atoms with Crippen LogP contribution >= 0.6 is 0 Å². The second-order valence-electron chi connectivity index (χ2n) is 7.55. The Balaban J connectivity index is 1.58. The van der Waals surface area contributed by atoms with Gasteiger partial charge in [-0.2, -0.15) is 0 Å². The molecule has 3 rings (SSSR count). The summed E-state index contributed by atoms with van der Waals surface area (Å²) in [6.45, 7) is 2.23. The highest BCUT2D eigenvalue weighted by atomic mass is 32.2. The fraction of sp³-hybridized carbons (Fsp3) is 0.400. The number of non-ortho nitro benzene ring substituents is 2. The zero-order chi connectivity index (χ0) is 22.4. The van der Waals surface area contributed by atoms with Crippen molar-refractivity contribution in [2.24, 2.45) is 0 Å². The molecular weight excluding hydrogens is 424 g/mol. The van der Waals surface area contributed by atoms with E-state index in [1.165, 1.54) is 24.3 Å². The molecule has 0 spiro atoms. The van der Waals surface area contributed by atoms with Gasteiger partial charge in [-0.15, -0.1) is 0 Å². The summed E-state index contributed by atoms with van der Waals surface area (Å²) < 4.78 is 23.9. The Kier molecular flexibility index (Phi) is 7.31. The summed E-state index contributed by atoms with van der Waals surface area (Å²) in [5.74, 6) is 0.285. The van der Waals surface area contributed by atoms with Crippen LogP contribution in [0.4, 0.5) is 11.4 Å². The Morgan fingerprint density at radius 3 is 1.97 bits per heavy atom. The van der Waals surface area contributed by atoms with E-state index in [1.807, 2.05) is 0 Å². The van der Waals surface area contributed by atoms with E-state index in [9.17, 15) is 28.6 Å². The van der Waals surface area contributed by atoms with Crippen LogP contribution in [0.15, 0.2) is 48.5 Å². The molecule has 11 heteroatoms. The summed E-state index contributed by atoms with van der Waals surface area (Å²) in [7, 11) is -3.04. The summed E-state index contributed by atoms with van der Waals surface area (Å²) in [6.07, 6.45) is 0.567. The lowest BCUT2D eigenvalue weighted by Crippen LogP contribution is -2.40. The molecule has 0 bridgehead atoms. The second kappa shape index (κ2) is 9.94. The Hall–Kier alpha value is -2.89. The molecule has 0 radical (unpaired) electrons. The van der Waals surface area contributed by atoms with E-state index in [1.54, 1.807) is 24.3 Å². The van der Waals surface area contributed by atoms with Crippen molar-refractivity contribution in [3.63, 3.8) is 0 Å². The maximum Gasteiger partial charge on any atom is 0.269 e. The molecule has 1 aliphatic heterocycles. The summed E-state index contributed by atoms with van der Waals surface area (Å²) >= 11 is 0. The lowest BCUT2D eigenvalue weighted by Gasteiger charge is -2.28. The van der Waals surface area contributed by atoms with Gasteiger partial charge in [0.2, 0.25) is 0 Å². The van der Waals surface area contributed by atoms with Crippen LogP contribution in [0.3, 0.4) is 0 Å². The predicted octanol–water partition coefficient (Wildman–Crippen LogP) is 2.28. The van der Waals surface area contributed by atoms with Crippen LogP contribution in [0.5, 0.6) is 0 Å². The maximum atomic E-state index is 11.9. The first-order valence-corrected chi connectivity index (χ1v) is 11.7. The van der Waals surface area contributed by atoms with Gasteiger partial charge in [-0.1, -0.05) is 24.3 Å². The van der Waals surface area contributed by atoms with E-state index in [0.717, 1.165) is 11.1 Å². The third kappa shape index (κ3) is 6.54. The van der Waals surface area contributed by atoms with Crippen molar-refractivity contribution in [3.05, 3.63) is 79.9 Å². The fourth-order valence-corrected chi connectivity index (χ4v) is 5.36. The first kappa shape index (κ1) is 22.8. The Bertz CT molecular complexity index is 1020. The van der Waals surface area contributed by atoms with Gasteiger partial charge < -0.3 is 5.32 Å². The van der Waals surface area contributed by atoms with Crippen molar-refractivity contribution in [2.75, 3.05) is 24.6 Å². The number of benzene rings is 2. The molecule has 2 aromatic rings. The van der Waals surface area contributed by atoms with Crippen LogP contribution in [0.25, 0.3) is 0 Å². The smallest absolute Gasteiger partial charge is 0.269 e. The summed E-state index contributed by atoms with van der Waals surface area (Å²) in [6, 6.07) is 12.5. The lowest BCUT2D eigenvalue weighted by atomic mass is 10.1. The summed E-state index contributed by atoms with van der Waals surface area (Å²) in [5, 5.41) is 24.9. The lowest BCUT2D eigenvalue weighted by molar-refractivity contribution is -0.385. The number of nitrogens with one attached hydrogen (secondary N) is 1. The van der Waals surface area contributed by atoms with Crippen molar-refractivity contribution < 1.29 is 18.3 Å². The highest BCUT2D eigenvalue weighted by Gasteiger charge is 2.32. The van der Waals surface area contributed by atoms with E-state index < -0.39 is 19.7 Å².